The third-order valence-corrected chi connectivity index (χ3v) is 5.52. The molecule has 122 valence electrons. The molecule has 1 aliphatic carbocycles. The average molecular weight is 303 g/mol. The summed E-state index contributed by atoms with van der Waals surface area (Å²) in [7, 11) is 3.52. The number of fused-ring (bicyclic) bond motifs is 3. The Morgan fingerprint density at radius 3 is 2.64 bits per heavy atom. The lowest BCUT2D eigenvalue weighted by Crippen LogP contribution is -2.22. The van der Waals surface area contributed by atoms with Crippen molar-refractivity contribution in [1.82, 2.24) is 4.90 Å². The topological polar surface area (TPSA) is 21.7 Å². The second-order valence-corrected chi connectivity index (χ2v) is 6.67. The van der Waals surface area contributed by atoms with Gasteiger partial charge in [-0.05, 0) is 48.9 Å². The minimum atomic E-state index is 0.685. The molecule has 0 spiro atoms. The van der Waals surface area contributed by atoms with Crippen LogP contribution in [0.4, 0.5) is 0 Å². The van der Waals surface area contributed by atoms with Crippen LogP contribution in [0.5, 0.6) is 11.5 Å². The Morgan fingerprint density at radius 1 is 1.18 bits per heavy atom. The van der Waals surface area contributed by atoms with E-state index >= 15 is 0 Å². The number of ether oxygens (including phenoxy) is 2. The first-order valence-electron chi connectivity index (χ1n) is 8.72. The predicted molar refractivity (Wildman–Crippen MR) is 90.2 cm³/mol. The van der Waals surface area contributed by atoms with Crippen molar-refractivity contribution in [3.8, 4) is 11.5 Å². The number of likely N-dealkylation sites (tertiary alicyclic amines) is 1. The molecular weight excluding hydrogens is 274 g/mol. The molecule has 3 rings (SSSR count). The molecule has 2 aliphatic rings. The molecule has 2 atom stereocenters. The van der Waals surface area contributed by atoms with Crippen LogP contribution in [-0.2, 0) is 12.8 Å². The van der Waals surface area contributed by atoms with Gasteiger partial charge in [0.05, 0.1) is 14.2 Å². The van der Waals surface area contributed by atoms with E-state index in [9.17, 15) is 0 Å². The highest BCUT2D eigenvalue weighted by Crippen LogP contribution is 2.48. The highest BCUT2D eigenvalue weighted by atomic mass is 16.5. The van der Waals surface area contributed by atoms with E-state index in [0.29, 0.717) is 5.92 Å². The van der Waals surface area contributed by atoms with Gasteiger partial charge in [-0.2, -0.15) is 0 Å². The number of hydrogen-bond donors (Lipinski definition) is 0. The Kier molecular flexibility index (Phi) is 4.62. The SMILES string of the molecule is CCCc1cc(OC)c(OC)c2c1C1CN(CC)CC1CC2. The predicted octanol–water partition coefficient (Wildman–Crippen LogP) is 3.64. The summed E-state index contributed by atoms with van der Waals surface area (Å²) in [5.74, 6) is 3.39. The average Bonchev–Trinajstić information content (AvgIpc) is 2.97. The van der Waals surface area contributed by atoms with Crippen LogP contribution in [0.1, 0.15) is 49.3 Å². The molecule has 1 aromatic carbocycles. The first kappa shape index (κ1) is 15.7. The highest BCUT2D eigenvalue weighted by molar-refractivity contribution is 5.57. The highest BCUT2D eigenvalue weighted by Gasteiger charge is 2.39. The first-order chi connectivity index (χ1) is 10.7. The summed E-state index contributed by atoms with van der Waals surface area (Å²) in [6.07, 6.45) is 4.73. The Hall–Kier alpha value is -1.22. The molecule has 0 aromatic heterocycles. The molecule has 1 aliphatic heterocycles. The summed E-state index contributed by atoms with van der Waals surface area (Å²) in [5, 5.41) is 0. The van der Waals surface area contributed by atoms with E-state index in [4.69, 9.17) is 9.47 Å². The third kappa shape index (κ3) is 2.50. The number of methoxy groups -OCH3 is 2. The lowest BCUT2D eigenvalue weighted by atomic mass is 9.74. The lowest BCUT2D eigenvalue weighted by molar-refractivity contribution is 0.335. The summed E-state index contributed by atoms with van der Waals surface area (Å²) in [4.78, 5) is 2.61. The Morgan fingerprint density at radius 2 is 2.00 bits per heavy atom. The van der Waals surface area contributed by atoms with E-state index in [-0.39, 0.29) is 0 Å². The van der Waals surface area contributed by atoms with Crippen LogP contribution in [0, 0.1) is 5.92 Å². The molecule has 1 heterocycles. The van der Waals surface area contributed by atoms with E-state index in [2.05, 4.69) is 24.8 Å². The number of benzene rings is 1. The van der Waals surface area contributed by atoms with Crippen LogP contribution in [0.3, 0.4) is 0 Å². The van der Waals surface area contributed by atoms with Gasteiger partial charge in [-0.25, -0.2) is 0 Å². The van der Waals surface area contributed by atoms with E-state index < -0.39 is 0 Å². The molecule has 1 aromatic rings. The zero-order valence-corrected chi connectivity index (χ0v) is 14.4. The minimum absolute atomic E-state index is 0.685. The molecule has 0 saturated carbocycles. The van der Waals surface area contributed by atoms with E-state index in [0.717, 1.165) is 30.3 Å². The van der Waals surface area contributed by atoms with Gasteiger partial charge in [0.25, 0.3) is 0 Å². The number of likely N-dealkylation sites (N-methyl/N-ethyl adjacent to an activating group) is 1. The molecule has 1 fully saturated rings. The van der Waals surface area contributed by atoms with Crippen molar-refractivity contribution in [3.05, 3.63) is 22.8 Å². The fraction of sp³-hybridized carbons (Fsp3) is 0.684. The van der Waals surface area contributed by atoms with Gasteiger partial charge < -0.3 is 14.4 Å². The molecule has 3 heteroatoms. The van der Waals surface area contributed by atoms with E-state index in [1.165, 1.54) is 43.6 Å². The maximum absolute atomic E-state index is 5.73. The Bertz CT molecular complexity index is 541. The quantitative estimate of drug-likeness (QED) is 0.829. The zero-order chi connectivity index (χ0) is 15.7. The summed E-state index contributed by atoms with van der Waals surface area (Å²) >= 11 is 0. The van der Waals surface area contributed by atoms with Gasteiger partial charge in [0.1, 0.15) is 0 Å². The van der Waals surface area contributed by atoms with Crippen LogP contribution in [0.15, 0.2) is 6.07 Å². The van der Waals surface area contributed by atoms with Gasteiger partial charge in [-0.15, -0.1) is 0 Å². The number of rotatable bonds is 5. The van der Waals surface area contributed by atoms with Crippen molar-refractivity contribution in [2.24, 2.45) is 5.92 Å². The molecule has 22 heavy (non-hydrogen) atoms. The van der Waals surface area contributed by atoms with Crippen molar-refractivity contribution in [2.45, 2.75) is 45.4 Å². The van der Waals surface area contributed by atoms with Gasteiger partial charge in [-0.3, -0.25) is 0 Å². The van der Waals surface area contributed by atoms with Crippen LogP contribution in [0.25, 0.3) is 0 Å². The molecular formula is C19H29NO2. The summed E-state index contributed by atoms with van der Waals surface area (Å²) < 4.78 is 11.3. The minimum Gasteiger partial charge on any atom is -0.493 e. The third-order valence-electron chi connectivity index (χ3n) is 5.52. The summed E-state index contributed by atoms with van der Waals surface area (Å²) in [6.45, 7) is 8.18. The molecule has 0 amide bonds. The van der Waals surface area contributed by atoms with Crippen LogP contribution >= 0.6 is 0 Å². The normalized spacial score (nSPS) is 24.0. The Labute approximate surface area is 134 Å². The van der Waals surface area contributed by atoms with Crippen molar-refractivity contribution < 1.29 is 9.47 Å². The van der Waals surface area contributed by atoms with Crippen molar-refractivity contribution in [3.63, 3.8) is 0 Å². The molecule has 0 radical (unpaired) electrons. The van der Waals surface area contributed by atoms with Crippen molar-refractivity contribution >= 4 is 0 Å². The summed E-state index contributed by atoms with van der Waals surface area (Å²) in [6, 6.07) is 2.23. The molecule has 1 saturated heterocycles. The fourth-order valence-corrected chi connectivity index (χ4v) is 4.50. The number of aryl methyl sites for hydroxylation is 1. The van der Waals surface area contributed by atoms with Gasteiger partial charge in [0.15, 0.2) is 11.5 Å². The second-order valence-electron chi connectivity index (χ2n) is 6.67. The number of hydrogen-bond acceptors (Lipinski definition) is 3. The maximum atomic E-state index is 5.73. The molecule has 0 N–H and O–H groups in total. The number of nitrogens with zero attached hydrogens (tertiary/aromatic N) is 1. The van der Waals surface area contributed by atoms with Crippen LogP contribution in [0.2, 0.25) is 0 Å². The molecule has 2 unspecified atom stereocenters. The van der Waals surface area contributed by atoms with Crippen molar-refractivity contribution in [2.75, 3.05) is 33.9 Å². The van der Waals surface area contributed by atoms with E-state index in [1.807, 2.05) is 0 Å². The van der Waals surface area contributed by atoms with Gasteiger partial charge in [0, 0.05) is 24.6 Å². The fourth-order valence-electron chi connectivity index (χ4n) is 4.50. The first-order valence-corrected chi connectivity index (χ1v) is 8.72. The maximum Gasteiger partial charge on any atom is 0.164 e. The zero-order valence-electron chi connectivity index (χ0n) is 14.4. The van der Waals surface area contributed by atoms with Crippen molar-refractivity contribution in [1.29, 1.82) is 0 Å². The monoisotopic (exact) mass is 303 g/mol. The van der Waals surface area contributed by atoms with Crippen LogP contribution < -0.4 is 9.47 Å². The van der Waals surface area contributed by atoms with Crippen LogP contribution in [-0.4, -0.2) is 38.8 Å². The molecule has 0 bridgehead atoms. The van der Waals surface area contributed by atoms with Gasteiger partial charge >= 0.3 is 0 Å². The lowest BCUT2D eigenvalue weighted by Gasteiger charge is -2.32. The Balaban J connectivity index is 2.10. The van der Waals surface area contributed by atoms with Gasteiger partial charge in [0.2, 0.25) is 0 Å². The standard InChI is InChI=1S/C19H29NO2/c1-5-7-13-10-17(21-3)19(22-4)15-9-8-14-11-20(6-2)12-16(14)18(13)15/h10,14,16H,5-9,11-12H2,1-4H3. The van der Waals surface area contributed by atoms with E-state index in [1.54, 1.807) is 19.8 Å². The summed E-state index contributed by atoms with van der Waals surface area (Å²) in [5.41, 5.74) is 4.50. The largest absolute Gasteiger partial charge is 0.493 e. The smallest absolute Gasteiger partial charge is 0.164 e. The van der Waals surface area contributed by atoms with Gasteiger partial charge in [-0.1, -0.05) is 20.3 Å². The second kappa shape index (κ2) is 6.49. The molecule has 3 nitrogen and oxygen atoms in total.